The van der Waals surface area contributed by atoms with Crippen LogP contribution in [0.4, 0.5) is 4.39 Å². The number of hydrogen-bond acceptors (Lipinski definition) is 3. The first-order valence-electron chi connectivity index (χ1n) is 5.02. The van der Waals surface area contributed by atoms with Crippen LogP contribution in [0, 0.1) is 5.82 Å². The lowest BCUT2D eigenvalue weighted by atomic mass is 10.3. The van der Waals surface area contributed by atoms with Gasteiger partial charge in [-0.3, -0.25) is 0 Å². The van der Waals surface area contributed by atoms with Crippen molar-refractivity contribution in [3.63, 3.8) is 0 Å². The molecular weight excluding hydrogens is 247 g/mol. The highest BCUT2D eigenvalue weighted by Crippen LogP contribution is 2.45. The van der Waals surface area contributed by atoms with Crippen molar-refractivity contribution in [2.24, 2.45) is 0 Å². The van der Waals surface area contributed by atoms with Crippen LogP contribution in [0.1, 0.15) is 23.6 Å². The first kappa shape index (κ1) is 10.2. The Hall–Kier alpha value is -1.00. The second-order valence-corrected chi connectivity index (χ2v) is 5.27. The number of halogens is 2. The van der Waals surface area contributed by atoms with Gasteiger partial charge in [-0.15, -0.1) is 11.3 Å². The van der Waals surface area contributed by atoms with Crippen LogP contribution in [0.5, 0.6) is 0 Å². The Balaban J connectivity index is 2.03. The van der Waals surface area contributed by atoms with Crippen molar-refractivity contribution in [2.45, 2.75) is 18.8 Å². The van der Waals surface area contributed by atoms with E-state index in [1.807, 2.05) is 12.1 Å². The summed E-state index contributed by atoms with van der Waals surface area (Å²) in [6, 6.07) is 3.95. The number of rotatable bonds is 2. The molecule has 0 unspecified atom stereocenters. The van der Waals surface area contributed by atoms with Crippen molar-refractivity contribution in [3.05, 3.63) is 34.3 Å². The molecule has 2 aromatic heterocycles. The Kier molecular flexibility index (Phi) is 2.41. The minimum Gasteiger partial charge on any atom is -0.223 e. The van der Waals surface area contributed by atoms with E-state index in [1.54, 1.807) is 11.3 Å². The molecule has 0 spiro atoms. The Morgan fingerprint density at radius 2 is 2.19 bits per heavy atom. The molecule has 0 radical (unpaired) electrons. The summed E-state index contributed by atoms with van der Waals surface area (Å²) >= 11 is 7.25. The zero-order valence-electron chi connectivity index (χ0n) is 8.28. The largest absolute Gasteiger partial charge is 0.223 e. The molecule has 16 heavy (non-hydrogen) atoms. The Morgan fingerprint density at radius 1 is 1.38 bits per heavy atom. The maximum Gasteiger partial charge on any atom is 0.223 e. The summed E-state index contributed by atoms with van der Waals surface area (Å²) in [5.74, 6) is 0.257. The third-order valence-electron chi connectivity index (χ3n) is 2.55. The lowest BCUT2D eigenvalue weighted by Gasteiger charge is -1.98. The molecule has 2 aromatic rings. The standard InChI is InChI=1S/C11H8ClFN2S/c12-11-14-5-7(13)10(15-11)9-4-3-8(16-9)6-1-2-6/h3-6H,1-2H2. The fourth-order valence-electron chi connectivity index (χ4n) is 1.59. The zero-order valence-corrected chi connectivity index (χ0v) is 9.85. The van der Waals surface area contributed by atoms with E-state index in [-0.39, 0.29) is 5.28 Å². The van der Waals surface area contributed by atoms with Gasteiger partial charge in [0.05, 0.1) is 11.1 Å². The molecule has 0 aromatic carbocycles. The molecule has 2 heterocycles. The number of nitrogens with zero attached hydrogens (tertiary/aromatic N) is 2. The molecule has 2 nitrogen and oxygen atoms in total. The Bertz CT molecular complexity index is 537. The highest BCUT2D eigenvalue weighted by molar-refractivity contribution is 7.15. The number of aromatic nitrogens is 2. The molecule has 0 saturated heterocycles. The van der Waals surface area contributed by atoms with Gasteiger partial charge in [-0.1, -0.05) is 0 Å². The first-order chi connectivity index (χ1) is 7.74. The summed E-state index contributed by atoms with van der Waals surface area (Å²) in [5, 5.41) is 0.0813. The van der Waals surface area contributed by atoms with E-state index in [0.717, 1.165) is 11.1 Å². The Labute approximate surface area is 101 Å². The predicted molar refractivity (Wildman–Crippen MR) is 62.3 cm³/mol. The summed E-state index contributed by atoms with van der Waals surface area (Å²) < 4.78 is 13.5. The number of thiophene rings is 1. The quantitative estimate of drug-likeness (QED) is 0.760. The molecule has 1 aliphatic rings. The molecule has 0 amide bonds. The fraction of sp³-hybridized carbons (Fsp3) is 0.273. The minimum atomic E-state index is -0.423. The molecule has 1 saturated carbocycles. The van der Waals surface area contributed by atoms with E-state index in [2.05, 4.69) is 9.97 Å². The molecule has 0 bridgehead atoms. The average molecular weight is 255 g/mol. The molecule has 0 atom stereocenters. The smallest absolute Gasteiger partial charge is 0.223 e. The van der Waals surface area contributed by atoms with Gasteiger partial charge in [0, 0.05) is 4.88 Å². The van der Waals surface area contributed by atoms with Crippen LogP contribution in [0.15, 0.2) is 18.3 Å². The fourth-order valence-corrected chi connectivity index (χ4v) is 2.89. The minimum absolute atomic E-state index is 0.0813. The average Bonchev–Trinajstić information content (AvgIpc) is 3.01. The predicted octanol–water partition coefficient (Wildman–Crippen LogP) is 3.88. The van der Waals surface area contributed by atoms with Gasteiger partial charge in [-0.2, -0.15) is 0 Å². The molecule has 0 N–H and O–H groups in total. The van der Waals surface area contributed by atoms with Crippen molar-refractivity contribution in [1.82, 2.24) is 9.97 Å². The molecular formula is C11H8ClFN2S. The molecule has 82 valence electrons. The lowest BCUT2D eigenvalue weighted by molar-refractivity contribution is 0.618. The van der Waals surface area contributed by atoms with Crippen LogP contribution in [0.2, 0.25) is 5.28 Å². The van der Waals surface area contributed by atoms with Gasteiger partial charge >= 0.3 is 0 Å². The maximum absolute atomic E-state index is 13.5. The van der Waals surface area contributed by atoms with Crippen LogP contribution >= 0.6 is 22.9 Å². The van der Waals surface area contributed by atoms with Crippen molar-refractivity contribution in [1.29, 1.82) is 0 Å². The van der Waals surface area contributed by atoms with E-state index in [4.69, 9.17) is 11.6 Å². The second kappa shape index (κ2) is 3.79. The third kappa shape index (κ3) is 1.83. The van der Waals surface area contributed by atoms with Gasteiger partial charge < -0.3 is 0 Å². The second-order valence-electron chi connectivity index (χ2n) is 3.81. The highest BCUT2D eigenvalue weighted by Gasteiger charge is 2.25. The Morgan fingerprint density at radius 3 is 2.94 bits per heavy atom. The summed E-state index contributed by atoms with van der Waals surface area (Å²) in [7, 11) is 0. The normalized spacial score (nSPS) is 15.4. The van der Waals surface area contributed by atoms with Gasteiger partial charge in [-0.25, -0.2) is 14.4 Å². The lowest BCUT2D eigenvalue weighted by Crippen LogP contribution is -1.90. The van der Waals surface area contributed by atoms with Crippen LogP contribution in [0.25, 0.3) is 10.6 Å². The van der Waals surface area contributed by atoms with Crippen molar-refractivity contribution in [2.75, 3.05) is 0 Å². The molecule has 0 aliphatic heterocycles. The third-order valence-corrected chi connectivity index (χ3v) is 3.99. The van der Waals surface area contributed by atoms with Crippen LogP contribution in [-0.4, -0.2) is 9.97 Å². The van der Waals surface area contributed by atoms with Crippen molar-refractivity contribution in [3.8, 4) is 10.6 Å². The maximum atomic E-state index is 13.5. The van der Waals surface area contributed by atoms with Crippen LogP contribution in [0.3, 0.4) is 0 Å². The van der Waals surface area contributed by atoms with Gasteiger partial charge in [0.15, 0.2) is 5.82 Å². The first-order valence-corrected chi connectivity index (χ1v) is 6.21. The van der Waals surface area contributed by atoms with Crippen molar-refractivity contribution >= 4 is 22.9 Å². The van der Waals surface area contributed by atoms with E-state index in [0.29, 0.717) is 11.6 Å². The van der Waals surface area contributed by atoms with E-state index < -0.39 is 5.82 Å². The highest BCUT2D eigenvalue weighted by atomic mass is 35.5. The summed E-state index contributed by atoms with van der Waals surface area (Å²) in [5.41, 5.74) is 0.303. The zero-order chi connectivity index (χ0) is 11.1. The topological polar surface area (TPSA) is 25.8 Å². The van der Waals surface area contributed by atoms with Gasteiger partial charge in [0.2, 0.25) is 5.28 Å². The molecule has 3 rings (SSSR count). The number of hydrogen-bond donors (Lipinski definition) is 0. The van der Waals surface area contributed by atoms with Gasteiger partial charge in [0.25, 0.3) is 0 Å². The summed E-state index contributed by atoms with van der Waals surface area (Å²) in [6.45, 7) is 0. The van der Waals surface area contributed by atoms with E-state index in [1.165, 1.54) is 17.7 Å². The van der Waals surface area contributed by atoms with Crippen LogP contribution < -0.4 is 0 Å². The van der Waals surface area contributed by atoms with Gasteiger partial charge in [0.1, 0.15) is 5.69 Å². The molecule has 1 aliphatic carbocycles. The summed E-state index contributed by atoms with van der Waals surface area (Å²) in [4.78, 5) is 9.66. The van der Waals surface area contributed by atoms with Crippen LogP contribution in [-0.2, 0) is 0 Å². The molecule has 1 fully saturated rings. The van der Waals surface area contributed by atoms with Gasteiger partial charge in [-0.05, 0) is 42.5 Å². The molecule has 5 heteroatoms. The summed E-state index contributed by atoms with van der Waals surface area (Å²) in [6.07, 6.45) is 3.60. The monoisotopic (exact) mass is 254 g/mol. The van der Waals surface area contributed by atoms with E-state index in [9.17, 15) is 4.39 Å². The van der Waals surface area contributed by atoms with Crippen molar-refractivity contribution < 1.29 is 4.39 Å². The SMILES string of the molecule is Fc1cnc(Cl)nc1-c1ccc(C2CC2)s1. The van der Waals surface area contributed by atoms with E-state index >= 15 is 0 Å².